The molecular formula is C9H19ClN4O4S. The van der Waals surface area contributed by atoms with Crippen molar-refractivity contribution in [2.24, 2.45) is 5.14 Å². The molecule has 0 radical (unpaired) electrons. The van der Waals surface area contributed by atoms with Gasteiger partial charge in [0.25, 0.3) is 10.2 Å². The minimum Gasteiger partial charge on any atom is -0.378 e. The van der Waals surface area contributed by atoms with Crippen LogP contribution in [0.25, 0.3) is 0 Å². The van der Waals surface area contributed by atoms with Crippen LogP contribution in [-0.4, -0.2) is 75.5 Å². The van der Waals surface area contributed by atoms with E-state index in [1.165, 1.54) is 4.31 Å². The van der Waals surface area contributed by atoms with E-state index >= 15 is 0 Å². The first-order chi connectivity index (χ1) is 8.48. The molecule has 2 aliphatic heterocycles. The smallest absolute Gasteiger partial charge is 0.277 e. The van der Waals surface area contributed by atoms with Gasteiger partial charge in [-0.2, -0.15) is 12.7 Å². The molecule has 2 fully saturated rings. The van der Waals surface area contributed by atoms with Gasteiger partial charge in [0.15, 0.2) is 0 Å². The Morgan fingerprint density at radius 2 is 1.89 bits per heavy atom. The molecule has 1 unspecified atom stereocenters. The lowest BCUT2D eigenvalue weighted by Crippen LogP contribution is -2.58. The zero-order chi connectivity index (χ0) is 13.2. The van der Waals surface area contributed by atoms with E-state index in [1.54, 1.807) is 4.90 Å². The largest absolute Gasteiger partial charge is 0.378 e. The van der Waals surface area contributed by atoms with Crippen molar-refractivity contribution in [1.29, 1.82) is 0 Å². The molecule has 2 saturated heterocycles. The maximum atomic E-state index is 12.1. The van der Waals surface area contributed by atoms with Gasteiger partial charge in [0.05, 0.1) is 13.2 Å². The number of amides is 1. The average molecular weight is 315 g/mol. The summed E-state index contributed by atoms with van der Waals surface area (Å²) >= 11 is 0. The molecule has 19 heavy (non-hydrogen) atoms. The number of hydrogen-bond donors (Lipinski definition) is 2. The van der Waals surface area contributed by atoms with Crippen molar-refractivity contribution in [2.45, 2.75) is 6.04 Å². The summed E-state index contributed by atoms with van der Waals surface area (Å²) in [6, 6.07) is -0.320. The molecule has 1 amide bonds. The number of nitrogens with zero attached hydrogens (tertiary/aromatic N) is 2. The van der Waals surface area contributed by atoms with Crippen molar-refractivity contribution >= 4 is 28.5 Å². The number of nitrogens with one attached hydrogen (secondary N) is 1. The Balaban J connectivity index is 0.00000180. The number of hydrogen-bond acceptors (Lipinski definition) is 5. The van der Waals surface area contributed by atoms with Gasteiger partial charge in [-0.3, -0.25) is 4.79 Å². The second kappa shape index (κ2) is 6.82. The third-order valence-corrected chi connectivity index (χ3v) is 4.21. The molecule has 0 aromatic carbocycles. The highest BCUT2D eigenvalue weighted by Gasteiger charge is 2.31. The fraction of sp³-hybridized carbons (Fsp3) is 0.889. The molecule has 8 nitrogen and oxygen atoms in total. The zero-order valence-electron chi connectivity index (χ0n) is 10.4. The Bertz CT molecular complexity index is 404. The molecule has 0 bridgehead atoms. The molecule has 0 aromatic rings. The first-order valence-corrected chi connectivity index (χ1v) is 7.36. The average Bonchev–Trinajstić information content (AvgIpc) is 2.38. The van der Waals surface area contributed by atoms with Gasteiger partial charge in [0.2, 0.25) is 5.91 Å². The molecule has 112 valence electrons. The van der Waals surface area contributed by atoms with E-state index in [-0.39, 0.29) is 37.4 Å². The van der Waals surface area contributed by atoms with Crippen molar-refractivity contribution in [3.8, 4) is 0 Å². The molecule has 0 spiro atoms. The lowest BCUT2D eigenvalue weighted by atomic mass is 10.2. The summed E-state index contributed by atoms with van der Waals surface area (Å²) in [5, 5.41) is 8.12. The highest BCUT2D eigenvalue weighted by Crippen LogP contribution is 2.07. The summed E-state index contributed by atoms with van der Waals surface area (Å²) in [7, 11) is -3.64. The minimum absolute atomic E-state index is 0. The second-order valence-corrected chi connectivity index (χ2v) is 5.90. The number of piperazine rings is 1. The Morgan fingerprint density at radius 3 is 2.37 bits per heavy atom. The number of carbonyl (C=O) groups is 1. The standard InChI is InChI=1S/C9H18N4O4S.ClH/c10-18(15,16)13-4-2-12(3-5-13)9(14)8-7-17-6-1-11-8;/h8,11H,1-7H2,(H2,10,15,16);1H. The van der Waals surface area contributed by atoms with Crippen molar-refractivity contribution in [3.63, 3.8) is 0 Å². The molecule has 0 saturated carbocycles. The Hall–Kier alpha value is -0.450. The van der Waals surface area contributed by atoms with Crippen LogP contribution in [0.1, 0.15) is 0 Å². The van der Waals surface area contributed by atoms with Crippen LogP contribution in [0.5, 0.6) is 0 Å². The predicted molar refractivity (Wildman–Crippen MR) is 71.1 cm³/mol. The molecule has 0 aromatic heterocycles. The number of rotatable bonds is 2. The Labute approximate surface area is 118 Å². The summed E-state index contributed by atoms with van der Waals surface area (Å²) in [5.41, 5.74) is 0. The fourth-order valence-corrected chi connectivity index (χ4v) is 2.78. The number of nitrogens with two attached hydrogens (primary N) is 1. The first kappa shape index (κ1) is 16.6. The van der Waals surface area contributed by atoms with Gasteiger partial charge in [-0.15, -0.1) is 12.4 Å². The lowest BCUT2D eigenvalue weighted by Gasteiger charge is -2.35. The monoisotopic (exact) mass is 314 g/mol. The lowest BCUT2D eigenvalue weighted by molar-refractivity contribution is -0.137. The van der Waals surface area contributed by atoms with Crippen LogP contribution in [0.2, 0.25) is 0 Å². The van der Waals surface area contributed by atoms with E-state index in [0.717, 1.165) is 0 Å². The number of halogens is 1. The molecule has 2 aliphatic rings. The number of ether oxygens (including phenoxy) is 1. The molecule has 2 heterocycles. The van der Waals surface area contributed by atoms with Crippen LogP contribution < -0.4 is 10.5 Å². The van der Waals surface area contributed by atoms with E-state index in [2.05, 4.69) is 5.32 Å². The molecule has 10 heteroatoms. The van der Waals surface area contributed by atoms with Crippen LogP contribution >= 0.6 is 12.4 Å². The second-order valence-electron chi connectivity index (χ2n) is 4.35. The van der Waals surface area contributed by atoms with Crippen LogP contribution in [0.4, 0.5) is 0 Å². The van der Waals surface area contributed by atoms with E-state index in [9.17, 15) is 13.2 Å². The molecular weight excluding hydrogens is 296 g/mol. The molecule has 3 N–H and O–H groups in total. The summed E-state index contributed by atoms with van der Waals surface area (Å²) in [5.74, 6) is -0.0382. The van der Waals surface area contributed by atoms with Crippen LogP contribution in [0.3, 0.4) is 0 Å². The van der Waals surface area contributed by atoms with Crippen molar-refractivity contribution in [1.82, 2.24) is 14.5 Å². The maximum Gasteiger partial charge on any atom is 0.277 e. The van der Waals surface area contributed by atoms with Crippen LogP contribution in [0.15, 0.2) is 0 Å². The maximum absolute atomic E-state index is 12.1. The van der Waals surface area contributed by atoms with Crippen LogP contribution in [0, 0.1) is 0 Å². The van der Waals surface area contributed by atoms with Crippen molar-refractivity contribution in [3.05, 3.63) is 0 Å². The number of carbonyl (C=O) groups excluding carboxylic acids is 1. The minimum atomic E-state index is -3.64. The van der Waals surface area contributed by atoms with Crippen LogP contribution in [-0.2, 0) is 19.7 Å². The van der Waals surface area contributed by atoms with Gasteiger partial charge in [-0.1, -0.05) is 0 Å². The van der Waals surface area contributed by atoms with E-state index < -0.39 is 10.2 Å². The summed E-state index contributed by atoms with van der Waals surface area (Å²) < 4.78 is 28.7. The molecule has 0 aliphatic carbocycles. The summed E-state index contributed by atoms with van der Waals surface area (Å²) in [6.45, 7) is 2.88. The van der Waals surface area contributed by atoms with Gasteiger partial charge < -0.3 is 15.0 Å². The zero-order valence-corrected chi connectivity index (χ0v) is 12.1. The number of morpholine rings is 1. The first-order valence-electron chi connectivity index (χ1n) is 5.86. The quantitative estimate of drug-likeness (QED) is 0.599. The fourth-order valence-electron chi connectivity index (χ4n) is 2.11. The van der Waals surface area contributed by atoms with Gasteiger partial charge in [-0.25, -0.2) is 5.14 Å². The molecule has 2 rings (SSSR count). The Morgan fingerprint density at radius 1 is 1.26 bits per heavy atom. The van der Waals surface area contributed by atoms with Crippen molar-refractivity contribution in [2.75, 3.05) is 45.9 Å². The highest BCUT2D eigenvalue weighted by atomic mass is 35.5. The van der Waals surface area contributed by atoms with E-state index in [4.69, 9.17) is 9.88 Å². The Kier molecular flexibility index (Phi) is 5.96. The third-order valence-electron chi connectivity index (χ3n) is 3.13. The van der Waals surface area contributed by atoms with Crippen molar-refractivity contribution < 1.29 is 17.9 Å². The van der Waals surface area contributed by atoms with Gasteiger partial charge >= 0.3 is 0 Å². The SMILES string of the molecule is Cl.NS(=O)(=O)N1CCN(C(=O)C2COCCN2)CC1. The third kappa shape index (κ3) is 4.26. The predicted octanol–water partition coefficient (Wildman–Crippen LogP) is -2.26. The molecule has 1 atom stereocenters. The van der Waals surface area contributed by atoms with Gasteiger partial charge in [-0.05, 0) is 0 Å². The summed E-state index contributed by atoms with van der Waals surface area (Å²) in [4.78, 5) is 13.7. The van der Waals surface area contributed by atoms with E-state index in [1.807, 2.05) is 0 Å². The highest BCUT2D eigenvalue weighted by molar-refractivity contribution is 7.86. The summed E-state index contributed by atoms with van der Waals surface area (Å²) in [6.07, 6.45) is 0. The normalized spacial score (nSPS) is 25.7. The topological polar surface area (TPSA) is 105 Å². The van der Waals surface area contributed by atoms with Gasteiger partial charge in [0, 0.05) is 32.7 Å². The van der Waals surface area contributed by atoms with E-state index in [0.29, 0.717) is 32.8 Å². The van der Waals surface area contributed by atoms with Gasteiger partial charge in [0.1, 0.15) is 6.04 Å².